The number of hydrogen-bond donors (Lipinski definition) is 0. The Morgan fingerprint density at radius 1 is 0.818 bits per heavy atom. The van der Waals surface area contributed by atoms with Gasteiger partial charge in [-0.25, -0.2) is 0 Å². The van der Waals surface area contributed by atoms with E-state index >= 15 is 0 Å². The summed E-state index contributed by atoms with van der Waals surface area (Å²) in [4.78, 5) is 0. The molecule has 11 heteroatoms. The molecule has 0 heterocycles. The predicted octanol–water partition coefficient (Wildman–Crippen LogP) is -11.2. The average Bonchev–Trinajstić information content (AvgIpc) is 1.12. The van der Waals surface area contributed by atoms with Crippen molar-refractivity contribution in [3.63, 3.8) is 0 Å². The fourth-order valence-electron chi connectivity index (χ4n) is 0. The Morgan fingerprint density at radius 2 is 0.818 bits per heavy atom. The maximum atomic E-state index is 8.63. The van der Waals surface area contributed by atoms with Gasteiger partial charge in [-0.1, -0.05) is 0 Å². The number of halogens is 1. The zero-order valence-electron chi connectivity index (χ0n) is 5.00. The first-order valence-corrected chi connectivity index (χ1v) is 8.87. The van der Waals surface area contributed by atoms with Gasteiger partial charge in [0.25, 0.3) is 0 Å². The Bertz CT molecular complexity index is 226. The zero-order valence-corrected chi connectivity index (χ0v) is 12.8. The Hall–Kier alpha value is 2.04. The van der Waals surface area contributed by atoms with Crippen LogP contribution in [-0.4, -0.2) is 0 Å². The van der Waals surface area contributed by atoms with Crippen molar-refractivity contribution in [2.75, 3.05) is 0 Å². The second kappa shape index (κ2) is 7.45. The van der Waals surface area contributed by atoms with Crippen LogP contribution in [0.3, 0.4) is 0 Å². The van der Waals surface area contributed by atoms with Crippen LogP contribution in [-0.2, 0) is 29.0 Å². The van der Waals surface area contributed by atoms with E-state index in [4.69, 9.17) is 27.9 Å². The van der Waals surface area contributed by atoms with Crippen LogP contribution in [0.15, 0.2) is 0 Å². The first-order valence-electron chi connectivity index (χ1n) is 1.19. The van der Waals surface area contributed by atoms with Gasteiger partial charge in [0.2, 0.25) is 0 Å². The molecule has 0 aromatic carbocycles. The van der Waals surface area contributed by atoms with Crippen molar-refractivity contribution in [3.8, 4) is 0 Å². The standard InChI is InChI=1S/IO4.K.4O.Os/c2-1(3,4)5;;;;;;/q-1;+1;;;;;. The fraction of sp³-hybridized carbons (Fsp3) is 0. The van der Waals surface area contributed by atoms with E-state index in [2.05, 4.69) is 0 Å². The Balaban J connectivity index is -0.000000107. The van der Waals surface area contributed by atoms with Gasteiger partial charge in [-0.05, 0) is 0 Å². The summed E-state index contributed by atoms with van der Waals surface area (Å²) < 4.78 is 69.0. The Morgan fingerprint density at radius 3 is 0.818 bits per heavy atom. The van der Waals surface area contributed by atoms with Crippen LogP contribution in [0.25, 0.3) is 0 Å². The van der Waals surface area contributed by atoms with E-state index in [1.54, 1.807) is 0 Å². The molecule has 11 heavy (non-hydrogen) atoms. The molecule has 0 spiro atoms. The van der Waals surface area contributed by atoms with Crippen LogP contribution in [0.5, 0.6) is 0 Å². The molecule has 8 nitrogen and oxygen atoms in total. The quantitative estimate of drug-likeness (QED) is 0.242. The molecule has 0 aromatic rings. The molecule has 0 atom stereocenters. The second-order valence-corrected chi connectivity index (χ2v) is 5.43. The molecular formula is IKO8Os. The Kier molecular flexibility index (Phi) is 12.7. The van der Waals surface area contributed by atoms with E-state index in [9.17, 15) is 0 Å². The van der Waals surface area contributed by atoms with Crippen molar-refractivity contribution >= 4 is 0 Å². The topological polar surface area (TPSA) is 161 Å². The van der Waals surface area contributed by atoms with E-state index in [1.165, 1.54) is 0 Å². The van der Waals surface area contributed by atoms with E-state index in [1.807, 2.05) is 0 Å². The van der Waals surface area contributed by atoms with Gasteiger partial charge in [-0.3, -0.25) is 13.7 Å². The molecular weight excluding hydrogens is 484 g/mol. The molecule has 0 unspecified atom stereocenters. The van der Waals surface area contributed by atoms with Gasteiger partial charge in [-0.15, -0.1) is 0 Å². The van der Waals surface area contributed by atoms with Crippen molar-refractivity contribution in [2.24, 2.45) is 0 Å². The van der Waals surface area contributed by atoms with E-state index < -0.39 is 34.9 Å². The SMILES string of the molecule is [K+].[O-][I+3]([O-])([O-])[O-].[O]=[Os](=[O])(=[O])=[O]. The minimum atomic E-state index is -6.06. The van der Waals surface area contributed by atoms with Crippen molar-refractivity contribution in [1.82, 2.24) is 0 Å². The zero-order chi connectivity index (χ0) is 9.00. The normalized spacial score (nSPS) is 10.5. The molecule has 0 aliphatic heterocycles. The third-order valence-corrected chi connectivity index (χ3v) is 0. The third kappa shape index (κ3) is 291. The molecule has 0 N–H and O–H groups in total. The van der Waals surface area contributed by atoms with Crippen molar-refractivity contribution in [3.05, 3.63) is 0 Å². The summed E-state index contributed by atoms with van der Waals surface area (Å²) in [6.07, 6.45) is 0. The van der Waals surface area contributed by atoms with Crippen molar-refractivity contribution in [1.29, 1.82) is 0 Å². The monoisotopic (exact) mass is 486 g/mol. The molecule has 64 valence electrons. The summed E-state index contributed by atoms with van der Waals surface area (Å²) in [5.41, 5.74) is 0. The van der Waals surface area contributed by atoms with Crippen molar-refractivity contribution < 1.29 is 114 Å². The fourth-order valence-corrected chi connectivity index (χ4v) is 0. The molecule has 0 saturated heterocycles. The summed E-state index contributed by atoms with van der Waals surface area (Å²) in [5.74, 6) is 0. The predicted molar refractivity (Wildman–Crippen MR) is 2.75 cm³/mol. The molecule has 0 aromatic heterocycles. The van der Waals surface area contributed by atoms with Crippen LogP contribution >= 0.6 is 0 Å². The number of hydrogen-bond acceptors (Lipinski definition) is 8. The summed E-state index contributed by atoms with van der Waals surface area (Å²) in [5, 5.41) is 0. The van der Waals surface area contributed by atoms with Crippen LogP contribution in [0.1, 0.15) is 0 Å². The van der Waals surface area contributed by atoms with E-state index in [0.717, 1.165) is 0 Å². The number of rotatable bonds is 0. The van der Waals surface area contributed by atoms with Gasteiger partial charge in [-0.2, -0.15) is 0 Å². The van der Waals surface area contributed by atoms with Gasteiger partial charge in [0.05, 0.1) is 0 Å². The summed E-state index contributed by atoms with van der Waals surface area (Å²) >= 11 is -12.0. The van der Waals surface area contributed by atoms with E-state index in [-0.39, 0.29) is 51.4 Å². The first kappa shape index (κ1) is 18.8. The summed E-state index contributed by atoms with van der Waals surface area (Å²) in [6.45, 7) is 0. The first-order chi connectivity index (χ1) is 4.00. The molecule has 0 bridgehead atoms. The molecule has 0 amide bonds. The summed E-state index contributed by atoms with van der Waals surface area (Å²) in [6, 6.07) is 0. The van der Waals surface area contributed by atoms with Gasteiger partial charge < -0.3 is 0 Å². The van der Waals surface area contributed by atoms with Crippen LogP contribution in [0.2, 0.25) is 0 Å². The van der Waals surface area contributed by atoms with Crippen LogP contribution in [0, 0.1) is 0 Å². The average molecular weight is 484 g/mol. The van der Waals surface area contributed by atoms with Crippen LogP contribution in [0.4, 0.5) is 0 Å². The van der Waals surface area contributed by atoms with Gasteiger partial charge in [0.1, 0.15) is 20.1 Å². The van der Waals surface area contributed by atoms with Gasteiger partial charge >= 0.3 is 80.4 Å². The van der Waals surface area contributed by atoms with Gasteiger partial charge in [0, 0.05) is 0 Å². The van der Waals surface area contributed by atoms with Gasteiger partial charge in [0.15, 0.2) is 0 Å². The molecule has 0 aliphatic rings. The van der Waals surface area contributed by atoms with E-state index in [0.29, 0.717) is 0 Å². The second-order valence-electron chi connectivity index (χ2n) is 0.732. The summed E-state index contributed by atoms with van der Waals surface area (Å²) in [7, 11) is 0. The Labute approximate surface area is 112 Å². The van der Waals surface area contributed by atoms with Crippen molar-refractivity contribution in [2.45, 2.75) is 0 Å². The minimum absolute atomic E-state index is 0. The molecule has 0 fully saturated rings. The third-order valence-electron chi connectivity index (χ3n) is 0. The van der Waals surface area contributed by atoms with Crippen LogP contribution < -0.4 is 85.2 Å². The molecule has 0 aliphatic carbocycles. The molecule has 0 saturated carbocycles. The molecule has 0 rings (SSSR count). The maximum absolute atomic E-state index is 8.63. The molecule has 0 radical (unpaired) electrons.